The van der Waals surface area contributed by atoms with E-state index in [0.29, 0.717) is 18.7 Å². The molecule has 0 bridgehead atoms. The fraction of sp³-hybridized carbons (Fsp3) is 0.182. The van der Waals surface area contributed by atoms with E-state index in [-0.39, 0.29) is 5.91 Å². The van der Waals surface area contributed by atoms with Gasteiger partial charge in [-0.2, -0.15) is 4.37 Å². The number of anilines is 1. The van der Waals surface area contributed by atoms with Gasteiger partial charge >= 0.3 is 0 Å². The van der Waals surface area contributed by atoms with Crippen molar-refractivity contribution in [1.29, 1.82) is 0 Å². The molecule has 1 fully saturated rings. The monoisotopic (exact) mass is 479 g/mol. The molecule has 30 heavy (non-hydrogen) atoms. The zero-order chi connectivity index (χ0) is 20.5. The molecule has 150 valence electrons. The van der Waals surface area contributed by atoms with Gasteiger partial charge < -0.3 is 9.80 Å². The van der Waals surface area contributed by atoms with Gasteiger partial charge in [-0.05, 0) is 39.6 Å². The number of carbonyl (C=O) groups excluding carboxylic acids is 1. The summed E-state index contributed by atoms with van der Waals surface area (Å²) in [5.41, 5.74) is 3.52. The Hall–Kier alpha value is -2.84. The summed E-state index contributed by atoms with van der Waals surface area (Å²) in [7, 11) is 0. The summed E-state index contributed by atoms with van der Waals surface area (Å²) >= 11 is 4.91. The second kappa shape index (κ2) is 8.12. The third-order valence-electron chi connectivity index (χ3n) is 5.26. The van der Waals surface area contributed by atoms with Gasteiger partial charge in [0.1, 0.15) is 22.2 Å². The van der Waals surface area contributed by atoms with E-state index in [1.54, 1.807) is 6.33 Å². The molecule has 0 spiro atoms. The Morgan fingerprint density at radius 2 is 1.67 bits per heavy atom. The maximum absolute atomic E-state index is 12.9. The highest BCUT2D eigenvalue weighted by atomic mass is 79.9. The van der Waals surface area contributed by atoms with Crippen molar-refractivity contribution in [3.8, 4) is 11.3 Å². The minimum atomic E-state index is 0.0547. The normalized spacial score (nSPS) is 14.3. The minimum Gasteiger partial charge on any atom is -0.352 e. The molecule has 3 heterocycles. The summed E-state index contributed by atoms with van der Waals surface area (Å²) in [5, 5.41) is 0. The van der Waals surface area contributed by atoms with Gasteiger partial charge in [0.2, 0.25) is 0 Å². The lowest BCUT2D eigenvalue weighted by atomic mass is 10.1. The Labute approximate surface area is 186 Å². The maximum atomic E-state index is 12.9. The number of hydrogen-bond donors (Lipinski definition) is 0. The van der Waals surface area contributed by atoms with Crippen LogP contribution in [0.2, 0.25) is 0 Å². The van der Waals surface area contributed by atoms with Crippen LogP contribution in [-0.4, -0.2) is 51.3 Å². The molecule has 1 amide bonds. The van der Waals surface area contributed by atoms with Crippen LogP contribution in [-0.2, 0) is 0 Å². The summed E-state index contributed by atoms with van der Waals surface area (Å²) < 4.78 is 6.47. The van der Waals surface area contributed by atoms with Crippen LogP contribution in [0.15, 0.2) is 65.4 Å². The lowest BCUT2D eigenvalue weighted by molar-refractivity contribution is 0.0745. The maximum Gasteiger partial charge on any atom is 0.255 e. The topological polar surface area (TPSA) is 62.2 Å². The highest BCUT2D eigenvalue weighted by Gasteiger charge is 2.26. The number of carbonyl (C=O) groups is 1. The van der Waals surface area contributed by atoms with Gasteiger partial charge in [-0.1, -0.05) is 42.5 Å². The van der Waals surface area contributed by atoms with Gasteiger partial charge in [-0.25, -0.2) is 9.97 Å². The molecule has 0 N–H and O–H groups in total. The highest BCUT2D eigenvalue weighted by molar-refractivity contribution is 9.10. The number of benzene rings is 2. The van der Waals surface area contributed by atoms with Crippen molar-refractivity contribution in [3.05, 3.63) is 71.0 Å². The molecule has 0 saturated carbocycles. The van der Waals surface area contributed by atoms with Crippen molar-refractivity contribution in [2.75, 3.05) is 31.1 Å². The molecule has 1 saturated heterocycles. The Bertz CT molecular complexity index is 1200. The van der Waals surface area contributed by atoms with E-state index in [1.165, 1.54) is 11.5 Å². The predicted octanol–water partition coefficient (Wildman–Crippen LogP) is 4.48. The molecular formula is C22H18BrN5OS. The van der Waals surface area contributed by atoms with Gasteiger partial charge in [0.05, 0.1) is 5.56 Å². The lowest BCUT2D eigenvalue weighted by Crippen LogP contribution is -2.49. The number of amides is 1. The Kier molecular flexibility index (Phi) is 5.18. The first-order valence-electron chi connectivity index (χ1n) is 9.67. The van der Waals surface area contributed by atoms with Gasteiger partial charge in [-0.3, -0.25) is 4.79 Å². The van der Waals surface area contributed by atoms with Crippen molar-refractivity contribution in [2.24, 2.45) is 0 Å². The molecule has 1 aliphatic heterocycles. The molecule has 6 nitrogen and oxygen atoms in total. The molecule has 0 unspecified atom stereocenters. The molecule has 4 aromatic rings. The number of nitrogens with zero attached hydrogens (tertiary/aromatic N) is 5. The van der Waals surface area contributed by atoms with Crippen LogP contribution in [0.5, 0.6) is 0 Å². The fourth-order valence-electron chi connectivity index (χ4n) is 3.69. The quantitative estimate of drug-likeness (QED) is 0.433. The molecule has 5 rings (SSSR count). The number of rotatable bonds is 3. The van der Waals surface area contributed by atoms with Crippen molar-refractivity contribution >= 4 is 49.4 Å². The largest absolute Gasteiger partial charge is 0.352 e. The average molecular weight is 480 g/mol. The van der Waals surface area contributed by atoms with Crippen molar-refractivity contribution in [3.63, 3.8) is 0 Å². The average Bonchev–Trinajstić information content (AvgIpc) is 3.24. The fourth-order valence-corrected chi connectivity index (χ4v) is 5.02. The van der Waals surface area contributed by atoms with Crippen molar-refractivity contribution < 1.29 is 4.79 Å². The van der Waals surface area contributed by atoms with E-state index in [9.17, 15) is 4.79 Å². The van der Waals surface area contributed by atoms with E-state index < -0.39 is 0 Å². The SMILES string of the molecule is O=C(c1ccccc1Br)N1CCN(c2ncnc3c(-c4ccccc4)nsc23)CC1. The summed E-state index contributed by atoms with van der Waals surface area (Å²) in [6, 6.07) is 17.6. The molecule has 0 radical (unpaired) electrons. The lowest BCUT2D eigenvalue weighted by Gasteiger charge is -2.35. The molecule has 2 aromatic heterocycles. The smallest absolute Gasteiger partial charge is 0.255 e. The van der Waals surface area contributed by atoms with Crippen molar-refractivity contribution in [2.45, 2.75) is 0 Å². The summed E-state index contributed by atoms with van der Waals surface area (Å²) in [4.78, 5) is 26.1. The first-order chi connectivity index (χ1) is 14.7. The van der Waals surface area contributed by atoms with Crippen LogP contribution in [0.25, 0.3) is 21.5 Å². The van der Waals surface area contributed by atoms with Crippen LogP contribution < -0.4 is 4.90 Å². The van der Waals surface area contributed by atoms with Crippen LogP contribution in [0.4, 0.5) is 5.82 Å². The van der Waals surface area contributed by atoms with E-state index >= 15 is 0 Å². The van der Waals surface area contributed by atoms with Crippen LogP contribution in [0.3, 0.4) is 0 Å². The highest BCUT2D eigenvalue weighted by Crippen LogP contribution is 2.34. The van der Waals surface area contributed by atoms with Crippen molar-refractivity contribution in [1.82, 2.24) is 19.2 Å². The van der Waals surface area contributed by atoms with Gasteiger partial charge in [0.25, 0.3) is 5.91 Å². The number of aromatic nitrogens is 3. The Balaban J connectivity index is 1.37. The number of fused-ring (bicyclic) bond motifs is 1. The number of halogens is 1. The molecule has 2 aromatic carbocycles. The standard InChI is InChI=1S/C22H18BrN5OS/c23-17-9-5-4-8-16(17)22(29)28-12-10-27(11-13-28)21-20-19(24-14-25-21)18(26-30-20)15-6-2-1-3-7-15/h1-9,14H,10-13H2. The second-order valence-corrected chi connectivity index (χ2v) is 8.66. The Morgan fingerprint density at radius 3 is 2.43 bits per heavy atom. The van der Waals surface area contributed by atoms with Gasteiger partial charge in [0, 0.05) is 36.2 Å². The van der Waals surface area contributed by atoms with E-state index in [1.807, 2.05) is 59.5 Å². The van der Waals surface area contributed by atoms with E-state index in [2.05, 4.69) is 35.2 Å². The molecule has 0 aliphatic carbocycles. The second-order valence-electron chi connectivity index (χ2n) is 7.03. The zero-order valence-corrected chi connectivity index (χ0v) is 18.4. The summed E-state index contributed by atoms with van der Waals surface area (Å²) in [6.07, 6.45) is 1.61. The van der Waals surface area contributed by atoms with Crippen LogP contribution in [0, 0.1) is 0 Å². The first kappa shape index (κ1) is 19.1. The third-order valence-corrected chi connectivity index (χ3v) is 6.78. The summed E-state index contributed by atoms with van der Waals surface area (Å²) in [5.74, 6) is 0.951. The van der Waals surface area contributed by atoms with Gasteiger partial charge in [0.15, 0.2) is 5.82 Å². The molecule has 1 aliphatic rings. The Morgan fingerprint density at radius 1 is 0.933 bits per heavy atom. The van der Waals surface area contributed by atoms with Gasteiger partial charge in [-0.15, -0.1) is 0 Å². The predicted molar refractivity (Wildman–Crippen MR) is 123 cm³/mol. The van der Waals surface area contributed by atoms with E-state index in [4.69, 9.17) is 0 Å². The first-order valence-corrected chi connectivity index (χ1v) is 11.2. The minimum absolute atomic E-state index is 0.0547. The number of hydrogen-bond acceptors (Lipinski definition) is 6. The molecular weight excluding hydrogens is 462 g/mol. The zero-order valence-electron chi connectivity index (χ0n) is 16.0. The summed E-state index contributed by atoms with van der Waals surface area (Å²) in [6.45, 7) is 2.74. The molecule has 0 atom stereocenters. The third kappa shape index (κ3) is 3.46. The van der Waals surface area contributed by atoms with E-state index in [0.717, 1.165) is 44.9 Å². The van der Waals surface area contributed by atoms with Crippen LogP contribution in [0.1, 0.15) is 10.4 Å². The number of piperazine rings is 1. The molecule has 8 heteroatoms. The van der Waals surface area contributed by atoms with Crippen LogP contribution >= 0.6 is 27.5 Å².